The summed E-state index contributed by atoms with van der Waals surface area (Å²) in [5, 5.41) is 0. The molecular weight excluding hydrogens is 218 g/mol. The number of benzene rings is 1. The van der Waals surface area contributed by atoms with Crippen molar-refractivity contribution in [3.63, 3.8) is 0 Å². The van der Waals surface area contributed by atoms with Crippen LogP contribution >= 0.6 is 0 Å². The fourth-order valence-electron chi connectivity index (χ4n) is 1.21. The molecule has 0 N–H and O–H groups in total. The van der Waals surface area contributed by atoms with Gasteiger partial charge in [-0.25, -0.2) is 8.96 Å². The molecule has 0 amide bonds. The van der Waals surface area contributed by atoms with E-state index in [4.69, 9.17) is 5.53 Å². The smallest absolute Gasteiger partial charge is 0.236 e. The highest BCUT2D eigenvalue weighted by Crippen LogP contribution is 2.14. The number of azide groups is 1. The number of fused-ring (bicyclic) bond motifs is 1. The second-order valence-corrected chi connectivity index (χ2v) is 4.13. The first-order valence-electron chi connectivity index (χ1n) is 3.89. The Hall–Kier alpha value is -2.05. The minimum atomic E-state index is -4.03. The van der Waals surface area contributed by atoms with Crippen molar-refractivity contribution in [3.05, 3.63) is 41.0 Å². The summed E-state index contributed by atoms with van der Waals surface area (Å²) in [7, 11) is -4.03. The van der Waals surface area contributed by atoms with Crippen LogP contribution in [0.3, 0.4) is 0 Å². The van der Waals surface area contributed by atoms with Gasteiger partial charge in [-0.1, -0.05) is 12.1 Å². The van der Waals surface area contributed by atoms with Crippen molar-refractivity contribution in [2.45, 2.75) is 0 Å². The zero-order valence-electron chi connectivity index (χ0n) is 7.35. The van der Waals surface area contributed by atoms with Crippen LogP contribution in [0.25, 0.3) is 21.5 Å². The first kappa shape index (κ1) is 9.50. The molecule has 0 aliphatic heterocycles. The monoisotopic (exact) mass is 223 g/mol. The molecule has 1 aromatic carbocycles. The van der Waals surface area contributed by atoms with Crippen LogP contribution in [-0.2, 0) is 10.2 Å². The van der Waals surface area contributed by atoms with E-state index in [9.17, 15) is 8.42 Å². The van der Waals surface area contributed by atoms with E-state index in [2.05, 4.69) is 14.4 Å². The first-order valence-corrected chi connectivity index (χ1v) is 5.29. The van der Waals surface area contributed by atoms with Gasteiger partial charge in [-0.05, 0) is 17.7 Å². The average molecular weight is 223 g/mol. The SMILES string of the molecule is [N-]=[N+]=NS(=O)(=O)n1cnc2ccccc21. The lowest BCUT2D eigenvalue weighted by Crippen LogP contribution is -2.06. The van der Waals surface area contributed by atoms with Gasteiger partial charge in [0.25, 0.3) is 0 Å². The Kier molecular flexibility index (Phi) is 2.07. The van der Waals surface area contributed by atoms with Gasteiger partial charge in [0.05, 0.1) is 15.6 Å². The van der Waals surface area contributed by atoms with Crippen molar-refractivity contribution in [2.24, 2.45) is 4.52 Å². The van der Waals surface area contributed by atoms with E-state index >= 15 is 0 Å². The number of hydrogen-bond acceptors (Lipinski definition) is 3. The lowest BCUT2D eigenvalue weighted by Gasteiger charge is -1.97. The van der Waals surface area contributed by atoms with Crippen molar-refractivity contribution in [1.29, 1.82) is 0 Å². The van der Waals surface area contributed by atoms with Crippen molar-refractivity contribution in [3.8, 4) is 0 Å². The number of imidazole rings is 1. The molecule has 2 aromatic rings. The molecule has 0 fully saturated rings. The second-order valence-electron chi connectivity index (χ2n) is 2.68. The molecule has 7 nitrogen and oxygen atoms in total. The molecule has 0 aliphatic rings. The van der Waals surface area contributed by atoms with Gasteiger partial charge in [0, 0.05) is 4.91 Å². The number of nitrogens with zero attached hydrogens (tertiary/aromatic N) is 5. The molecule has 0 saturated carbocycles. The Bertz CT molecular complexity index is 653. The fraction of sp³-hybridized carbons (Fsp3) is 0. The largest absolute Gasteiger partial charge is 0.329 e. The summed E-state index contributed by atoms with van der Waals surface area (Å²) in [4.78, 5) is 6.13. The van der Waals surface area contributed by atoms with Crippen LogP contribution in [0.5, 0.6) is 0 Å². The van der Waals surface area contributed by atoms with Crippen molar-refractivity contribution < 1.29 is 8.42 Å². The molecule has 0 radical (unpaired) electrons. The van der Waals surface area contributed by atoms with Crippen LogP contribution in [0, 0.1) is 0 Å². The van der Waals surface area contributed by atoms with Gasteiger partial charge in [-0.15, -0.1) is 0 Å². The van der Waals surface area contributed by atoms with Gasteiger partial charge in [0.2, 0.25) is 0 Å². The summed E-state index contributed by atoms with van der Waals surface area (Å²) in [6.07, 6.45) is 1.11. The molecule has 0 saturated heterocycles. The van der Waals surface area contributed by atoms with Crippen LogP contribution in [0.4, 0.5) is 0 Å². The van der Waals surface area contributed by atoms with E-state index in [0.717, 1.165) is 10.3 Å². The molecule has 0 spiro atoms. The Morgan fingerprint density at radius 3 is 2.87 bits per heavy atom. The maximum atomic E-state index is 11.4. The normalized spacial score (nSPS) is 11.2. The van der Waals surface area contributed by atoms with Gasteiger partial charge in [-0.2, -0.15) is 8.42 Å². The highest BCUT2D eigenvalue weighted by molar-refractivity contribution is 7.88. The molecule has 0 unspecified atom stereocenters. The summed E-state index contributed by atoms with van der Waals surface area (Å²) in [6.45, 7) is 0. The molecule has 0 bridgehead atoms. The Morgan fingerprint density at radius 1 is 1.40 bits per heavy atom. The third-order valence-corrected chi connectivity index (χ3v) is 2.88. The van der Waals surface area contributed by atoms with Crippen molar-refractivity contribution in [1.82, 2.24) is 8.96 Å². The molecule has 1 heterocycles. The molecular formula is C7H5N5O2S. The van der Waals surface area contributed by atoms with Crippen molar-refractivity contribution >= 4 is 21.2 Å². The molecule has 2 rings (SSSR count). The maximum absolute atomic E-state index is 11.4. The molecule has 1 aromatic heterocycles. The highest BCUT2D eigenvalue weighted by Gasteiger charge is 2.13. The van der Waals surface area contributed by atoms with Crippen LogP contribution in [0.15, 0.2) is 35.1 Å². The van der Waals surface area contributed by atoms with Gasteiger partial charge in [0.15, 0.2) is 0 Å². The predicted octanol–water partition coefficient (Wildman–Crippen LogP) is 1.44. The highest BCUT2D eigenvalue weighted by atomic mass is 32.2. The summed E-state index contributed by atoms with van der Waals surface area (Å²) < 4.78 is 26.4. The minimum absolute atomic E-state index is 0.380. The Balaban J connectivity index is 2.79. The summed E-state index contributed by atoms with van der Waals surface area (Å²) in [5.74, 6) is 0. The number of para-hydroxylation sites is 2. The summed E-state index contributed by atoms with van der Waals surface area (Å²) in [5.41, 5.74) is 9.02. The molecule has 0 atom stereocenters. The Morgan fingerprint density at radius 2 is 2.13 bits per heavy atom. The number of aromatic nitrogens is 2. The van der Waals surface area contributed by atoms with Crippen LogP contribution in [0.2, 0.25) is 0 Å². The third kappa shape index (κ3) is 1.51. The number of rotatable bonds is 2. The van der Waals surface area contributed by atoms with E-state index in [-0.39, 0.29) is 0 Å². The topological polar surface area (TPSA) is 101 Å². The van der Waals surface area contributed by atoms with Gasteiger partial charge >= 0.3 is 10.2 Å². The molecule has 8 heteroatoms. The van der Waals surface area contributed by atoms with E-state index in [0.29, 0.717) is 11.0 Å². The molecule has 76 valence electrons. The van der Waals surface area contributed by atoms with Gasteiger partial charge in [0.1, 0.15) is 6.33 Å². The maximum Gasteiger partial charge on any atom is 0.329 e. The van der Waals surface area contributed by atoms with E-state index in [1.54, 1.807) is 24.3 Å². The van der Waals surface area contributed by atoms with Crippen molar-refractivity contribution in [2.75, 3.05) is 0 Å². The first-order chi connectivity index (χ1) is 7.15. The average Bonchev–Trinajstić information content (AvgIpc) is 2.61. The van der Waals surface area contributed by atoms with Gasteiger partial charge < -0.3 is 0 Å². The minimum Gasteiger partial charge on any atom is -0.236 e. The van der Waals surface area contributed by atoms with E-state index in [1.807, 2.05) is 0 Å². The number of hydrogen-bond donors (Lipinski definition) is 0. The van der Waals surface area contributed by atoms with Crippen LogP contribution < -0.4 is 0 Å². The van der Waals surface area contributed by atoms with E-state index in [1.165, 1.54) is 0 Å². The standard InChI is InChI=1S/C7H5N5O2S/c8-10-11-15(13,14)12-5-9-6-3-1-2-4-7(6)12/h1-5H. The summed E-state index contributed by atoms with van der Waals surface area (Å²) in [6, 6.07) is 6.65. The van der Waals surface area contributed by atoms with Crippen LogP contribution in [-0.4, -0.2) is 17.4 Å². The fourth-order valence-corrected chi connectivity index (χ4v) is 1.95. The quantitative estimate of drug-likeness (QED) is 0.437. The molecule has 15 heavy (non-hydrogen) atoms. The van der Waals surface area contributed by atoms with E-state index < -0.39 is 10.2 Å². The zero-order chi connectivity index (χ0) is 10.9. The third-order valence-electron chi connectivity index (χ3n) is 1.81. The predicted molar refractivity (Wildman–Crippen MR) is 53.2 cm³/mol. The molecule has 0 aliphatic carbocycles. The Labute approximate surface area is 84.8 Å². The van der Waals surface area contributed by atoms with Crippen LogP contribution in [0.1, 0.15) is 0 Å². The zero-order valence-corrected chi connectivity index (χ0v) is 8.16. The second kappa shape index (κ2) is 3.26. The van der Waals surface area contributed by atoms with Gasteiger partial charge in [-0.3, -0.25) is 0 Å². The lowest BCUT2D eigenvalue weighted by atomic mass is 10.3. The summed E-state index contributed by atoms with van der Waals surface area (Å²) >= 11 is 0. The lowest BCUT2D eigenvalue weighted by molar-refractivity contribution is 0.590.